The predicted molar refractivity (Wildman–Crippen MR) is 95.7 cm³/mol. The number of aromatic nitrogens is 3. The molecule has 124 valence electrons. The molecule has 1 aliphatic carbocycles. The monoisotopic (exact) mass is 353 g/mol. The van der Waals surface area contributed by atoms with Crippen LogP contribution in [0.4, 0.5) is 4.39 Å². The van der Waals surface area contributed by atoms with Crippen LogP contribution in [-0.4, -0.2) is 13.9 Å². The molecule has 4 aromatic rings. The van der Waals surface area contributed by atoms with E-state index in [1.807, 2.05) is 4.57 Å². The molecule has 0 saturated heterocycles. The molecule has 0 unspecified atom stereocenters. The lowest BCUT2D eigenvalue weighted by Gasteiger charge is -2.13. The number of fused-ring (bicyclic) bond motifs is 2. The fraction of sp³-hybridized carbons (Fsp3) is 0.167. The van der Waals surface area contributed by atoms with Crippen LogP contribution in [0.15, 0.2) is 46.1 Å². The summed E-state index contributed by atoms with van der Waals surface area (Å²) >= 11 is 1.16. The lowest BCUT2D eigenvalue weighted by atomic mass is 10.1. The average Bonchev–Trinajstić information content (AvgIpc) is 3.38. The van der Waals surface area contributed by atoms with Gasteiger partial charge in [-0.15, -0.1) is 0 Å². The standard InChI is InChI=1S/C18H12FN3O2S/c19-12-7-11-14(8-10(12)13-3-1-2-6-20-13)22(9-4-5-9)18-15(16(11)23)17(24)21-25-18/h1-3,6-9H,4-5H2,(H,21,24). The molecule has 0 atom stereocenters. The van der Waals surface area contributed by atoms with Crippen LogP contribution in [0.25, 0.3) is 32.4 Å². The minimum Gasteiger partial charge on any atom is -0.328 e. The Kier molecular flexibility index (Phi) is 2.96. The molecule has 1 aromatic carbocycles. The van der Waals surface area contributed by atoms with Gasteiger partial charge in [-0.05, 0) is 48.6 Å². The number of hydrogen-bond donors (Lipinski definition) is 1. The molecule has 0 bridgehead atoms. The lowest BCUT2D eigenvalue weighted by molar-refractivity contribution is 0.632. The molecule has 5 nitrogen and oxygen atoms in total. The Labute approximate surface area is 144 Å². The van der Waals surface area contributed by atoms with Crippen LogP contribution in [-0.2, 0) is 0 Å². The van der Waals surface area contributed by atoms with Crippen molar-refractivity contribution >= 4 is 32.7 Å². The van der Waals surface area contributed by atoms with Gasteiger partial charge >= 0.3 is 0 Å². The molecule has 5 rings (SSSR count). The second-order valence-electron chi connectivity index (χ2n) is 6.21. The summed E-state index contributed by atoms with van der Waals surface area (Å²) in [5, 5.41) is 0.356. The number of aromatic amines is 1. The number of rotatable bonds is 2. The highest BCUT2D eigenvalue weighted by atomic mass is 32.1. The van der Waals surface area contributed by atoms with Crippen molar-refractivity contribution in [2.24, 2.45) is 0 Å². The van der Waals surface area contributed by atoms with E-state index in [-0.39, 0.29) is 16.8 Å². The smallest absolute Gasteiger partial charge is 0.271 e. The van der Waals surface area contributed by atoms with Gasteiger partial charge in [-0.25, -0.2) is 4.39 Å². The van der Waals surface area contributed by atoms with E-state index in [4.69, 9.17) is 0 Å². The Morgan fingerprint density at radius 2 is 2.08 bits per heavy atom. The second-order valence-corrected chi connectivity index (χ2v) is 7.00. The summed E-state index contributed by atoms with van der Waals surface area (Å²) in [6.45, 7) is 0. The Bertz CT molecular complexity index is 1250. The fourth-order valence-corrected chi connectivity index (χ4v) is 4.19. The van der Waals surface area contributed by atoms with Crippen molar-refractivity contribution in [1.82, 2.24) is 13.9 Å². The first-order valence-corrected chi connectivity index (χ1v) is 8.77. The zero-order valence-electron chi connectivity index (χ0n) is 13.0. The van der Waals surface area contributed by atoms with Gasteiger partial charge in [-0.3, -0.25) is 18.9 Å². The van der Waals surface area contributed by atoms with Gasteiger partial charge in [0.2, 0.25) is 5.43 Å². The molecular formula is C18H12FN3O2S. The fourth-order valence-electron chi connectivity index (χ4n) is 3.26. The largest absolute Gasteiger partial charge is 0.328 e. The van der Waals surface area contributed by atoms with E-state index in [0.717, 1.165) is 24.4 Å². The van der Waals surface area contributed by atoms with Crippen molar-refractivity contribution in [3.63, 3.8) is 0 Å². The lowest BCUT2D eigenvalue weighted by Crippen LogP contribution is -2.15. The first-order valence-electron chi connectivity index (χ1n) is 7.95. The molecule has 3 heterocycles. The molecule has 25 heavy (non-hydrogen) atoms. The third-order valence-electron chi connectivity index (χ3n) is 4.57. The first-order chi connectivity index (χ1) is 12.1. The van der Waals surface area contributed by atoms with Crippen LogP contribution in [0.1, 0.15) is 18.9 Å². The maximum absolute atomic E-state index is 14.7. The van der Waals surface area contributed by atoms with Crippen molar-refractivity contribution in [1.29, 1.82) is 0 Å². The number of pyridine rings is 2. The van der Waals surface area contributed by atoms with Gasteiger partial charge in [0.05, 0.1) is 11.2 Å². The van der Waals surface area contributed by atoms with Crippen LogP contribution >= 0.6 is 11.5 Å². The Morgan fingerprint density at radius 3 is 2.80 bits per heavy atom. The highest BCUT2D eigenvalue weighted by molar-refractivity contribution is 7.12. The third kappa shape index (κ3) is 2.09. The molecule has 7 heteroatoms. The zero-order chi connectivity index (χ0) is 17.1. The average molecular weight is 353 g/mol. The predicted octanol–water partition coefficient (Wildman–Crippen LogP) is 3.44. The topological polar surface area (TPSA) is 67.8 Å². The van der Waals surface area contributed by atoms with Crippen LogP contribution < -0.4 is 11.0 Å². The van der Waals surface area contributed by atoms with E-state index in [1.54, 1.807) is 30.5 Å². The summed E-state index contributed by atoms with van der Waals surface area (Å²) in [5.74, 6) is -0.517. The summed E-state index contributed by atoms with van der Waals surface area (Å²) in [6.07, 6.45) is 3.57. The van der Waals surface area contributed by atoms with Gasteiger partial charge in [0.25, 0.3) is 5.56 Å². The van der Waals surface area contributed by atoms with Crippen molar-refractivity contribution in [2.45, 2.75) is 18.9 Å². The number of H-pyrrole nitrogens is 1. The molecular weight excluding hydrogens is 341 g/mol. The minimum atomic E-state index is -0.517. The van der Waals surface area contributed by atoms with Gasteiger partial charge in [0, 0.05) is 23.2 Å². The van der Waals surface area contributed by atoms with E-state index in [1.165, 1.54) is 6.07 Å². The normalized spacial score (nSPS) is 14.4. The molecule has 1 aliphatic rings. The SMILES string of the molecule is O=c1[nH]sc2c1c(=O)c1cc(F)c(-c3ccccn3)cc1n2C1CC1. The number of benzene rings is 1. The molecule has 0 amide bonds. The molecule has 3 aromatic heterocycles. The highest BCUT2D eigenvalue weighted by Crippen LogP contribution is 2.40. The van der Waals surface area contributed by atoms with Crippen LogP contribution in [0.5, 0.6) is 0 Å². The maximum Gasteiger partial charge on any atom is 0.271 e. The molecule has 0 spiro atoms. The van der Waals surface area contributed by atoms with E-state index < -0.39 is 16.8 Å². The van der Waals surface area contributed by atoms with Crippen LogP contribution in [0.3, 0.4) is 0 Å². The zero-order valence-corrected chi connectivity index (χ0v) is 13.8. The maximum atomic E-state index is 14.7. The van der Waals surface area contributed by atoms with Gasteiger partial charge in [-0.1, -0.05) is 6.07 Å². The van der Waals surface area contributed by atoms with Crippen molar-refractivity contribution < 1.29 is 4.39 Å². The van der Waals surface area contributed by atoms with E-state index >= 15 is 0 Å². The molecule has 1 N–H and O–H groups in total. The summed E-state index contributed by atoms with van der Waals surface area (Å²) < 4.78 is 19.3. The number of hydrogen-bond acceptors (Lipinski definition) is 4. The molecule has 1 saturated carbocycles. The minimum absolute atomic E-state index is 0.120. The summed E-state index contributed by atoms with van der Waals surface area (Å²) in [6, 6.07) is 8.44. The molecule has 0 aliphatic heterocycles. The Morgan fingerprint density at radius 1 is 1.24 bits per heavy atom. The van der Waals surface area contributed by atoms with Gasteiger partial charge in [-0.2, -0.15) is 0 Å². The van der Waals surface area contributed by atoms with E-state index in [0.29, 0.717) is 21.6 Å². The summed E-state index contributed by atoms with van der Waals surface area (Å²) in [4.78, 5) is 29.6. The summed E-state index contributed by atoms with van der Waals surface area (Å²) in [7, 11) is 0. The van der Waals surface area contributed by atoms with Crippen LogP contribution in [0.2, 0.25) is 0 Å². The second kappa shape index (κ2) is 5.10. The van der Waals surface area contributed by atoms with Crippen molar-refractivity contribution in [3.8, 4) is 11.3 Å². The quantitative estimate of drug-likeness (QED) is 0.600. The van der Waals surface area contributed by atoms with Crippen LogP contribution in [0, 0.1) is 5.82 Å². The molecule has 1 fully saturated rings. The Hall–Kier alpha value is -2.80. The number of nitrogens with zero attached hydrogens (tertiary/aromatic N) is 2. The summed E-state index contributed by atoms with van der Waals surface area (Å²) in [5.41, 5.74) is 0.687. The van der Waals surface area contributed by atoms with Crippen molar-refractivity contribution in [3.05, 3.63) is 62.9 Å². The van der Waals surface area contributed by atoms with Gasteiger partial charge < -0.3 is 4.57 Å². The number of nitrogens with one attached hydrogen (secondary N) is 1. The first kappa shape index (κ1) is 14.5. The van der Waals surface area contributed by atoms with Crippen molar-refractivity contribution in [2.75, 3.05) is 0 Å². The number of halogens is 1. The van der Waals surface area contributed by atoms with Gasteiger partial charge in [0.15, 0.2) is 0 Å². The van der Waals surface area contributed by atoms with E-state index in [9.17, 15) is 14.0 Å². The third-order valence-corrected chi connectivity index (χ3v) is 5.45. The van der Waals surface area contributed by atoms with Gasteiger partial charge in [0.1, 0.15) is 16.0 Å². The molecule has 0 radical (unpaired) electrons. The highest BCUT2D eigenvalue weighted by Gasteiger charge is 2.29. The Balaban J connectivity index is 1.96. The van der Waals surface area contributed by atoms with E-state index in [2.05, 4.69) is 9.36 Å².